The first kappa shape index (κ1) is 24.0. The van der Waals surface area contributed by atoms with Gasteiger partial charge in [0, 0.05) is 19.3 Å². The standard InChI is InChI=1S/C29H40O4/c1-20(30)32-25-13-7-8-15-26-23(12-9-14-25)16-17-29(3)27(26)19-24(28(29)33-21(2)31)18-22-10-5-4-6-11-22/h4-6,10-11,18,23,25-28H,7-9,12-17,19H2,1-3H3/b24-18+/t23?,25?,26-,27?,28+,29+/m0/s1. The largest absolute Gasteiger partial charge is 0.463 e. The summed E-state index contributed by atoms with van der Waals surface area (Å²) in [5.41, 5.74) is 2.49. The maximum absolute atomic E-state index is 12.1. The Morgan fingerprint density at radius 3 is 2.33 bits per heavy atom. The van der Waals surface area contributed by atoms with Crippen molar-refractivity contribution in [1.29, 1.82) is 0 Å². The first-order valence-corrected chi connectivity index (χ1v) is 13.0. The fraction of sp³-hybridized carbons (Fsp3) is 0.655. The van der Waals surface area contributed by atoms with E-state index in [0.29, 0.717) is 17.8 Å². The predicted molar refractivity (Wildman–Crippen MR) is 130 cm³/mol. The van der Waals surface area contributed by atoms with Gasteiger partial charge in [-0.05, 0) is 80.3 Å². The number of hydrogen-bond donors (Lipinski definition) is 0. The summed E-state index contributed by atoms with van der Waals surface area (Å²) in [5.74, 6) is 1.62. The molecule has 33 heavy (non-hydrogen) atoms. The van der Waals surface area contributed by atoms with Crippen molar-refractivity contribution in [3.05, 3.63) is 41.5 Å². The summed E-state index contributed by atoms with van der Waals surface area (Å²) in [5, 5.41) is 0. The van der Waals surface area contributed by atoms with Crippen LogP contribution in [0.4, 0.5) is 0 Å². The SMILES string of the molecule is CC(=O)OC1CCCC[C@H]2C(CCC1)CC[C@]1(C)C2C/C(=C\c2ccccc2)[C@H]1OC(C)=O. The molecule has 1 aromatic carbocycles. The summed E-state index contributed by atoms with van der Waals surface area (Å²) in [6.07, 6.45) is 13.4. The highest BCUT2D eigenvalue weighted by Crippen LogP contribution is 2.61. The van der Waals surface area contributed by atoms with E-state index < -0.39 is 0 Å². The molecular weight excluding hydrogens is 412 g/mol. The smallest absolute Gasteiger partial charge is 0.303 e. The molecule has 0 N–H and O–H groups in total. The molecule has 180 valence electrons. The Balaban J connectivity index is 1.56. The van der Waals surface area contributed by atoms with Gasteiger partial charge >= 0.3 is 11.9 Å². The highest BCUT2D eigenvalue weighted by atomic mass is 16.5. The van der Waals surface area contributed by atoms with E-state index >= 15 is 0 Å². The monoisotopic (exact) mass is 452 g/mol. The Labute approximate surface area is 199 Å². The van der Waals surface area contributed by atoms with E-state index in [1.807, 2.05) is 6.07 Å². The van der Waals surface area contributed by atoms with Gasteiger partial charge in [0.2, 0.25) is 0 Å². The molecule has 0 heterocycles. The Morgan fingerprint density at radius 1 is 0.909 bits per heavy atom. The molecule has 0 saturated heterocycles. The third-order valence-electron chi connectivity index (χ3n) is 8.60. The van der Waals surface area contributed by atoms with Crippen LogP contribution in [0.5, 0.6) is 0 Å². The van der Waals surface area contributed by atoms with Gasteiger partial charge in [-0.25, -0.2) is 0 Å². The maximum Gasteiger partial charge on any atom is 0.303 e. The second-order valence-corrected chi connectivity index (χ2v) is 10.8. The molecule has 4 heteroatoms. The summed E-state index contributed by atoms with van der Waals surface area (Å²) in [6.45, 7) is 5.45. The maximum atomic E-state index is 12.1. The second kappa shape index (κ2) is 10.4. The molecule has 4 nitrogen and oxygen atoms in total. The molecule has 0 aromatic heterocycles. The van der Waals surface area contributed by atoms with Gasteiger partial charge in [-0.15, -0.1) is 0 Å². The lowest BCUT2D eigenvalue weighted by atomic mass is 9.57. The topological polar surface area (TPSA) is 52.6 Å². The molecule has 0 aliphatic heterocycles. The van der Waals surface area contributed by atoms with Crippen molar-refractivity contribution < 1.29 is 19.1 Å². The fourth-order valence-corrected chi connectivity index (χ4v) is 7.13. The number of carbonyl (C=O) groups excluding carboxylic acids is 2. The molecule has 4 rings (SSSR count). The normalized spacial score (nSPS) is 35.8. The molecule has 3 aliphatic carbocycles. The van der Waals surface area contributed by atoms with Crippen LogP contribution in [0.15, 0.2) is 35.9 Å². The van der Waals surface area contributed by atoms with E-state index in [1.165, 1.54) is 43.7 Å². The second-order valence-electron chi connectivity index (χ2n) is 10.8. The lowest BCUT2D eigenvalue weighted by Crippen LogP contribution is -2.44. The first-order chi connectivity index (χ1) is 15.9. The number of carbonyl (C=O) groups is 2. The van der Waals surface area contributed by atoms with E-state index in [4.69, 9.17) is 9.47 Å². The van der Waals surface area contributed by atoms with E-state index in [2.05, 4.69) is 37.3 Å². The lowest BCUT2D eigenvalue weighted by Gasteiger charge is -2.48. The zero-order chi connectivity index (χ0) is 23.4. The molecular formula is C29H40O4. The van der Waals surface area contributed by atoms with E-state index in [9.17, 15) is 9.59 Å². The molecule has 6 atom stereocenters. The van der Waals surface area contributed by atoms with Crippen molar-refractivity contribution >= 4 is 18.0 Å². The number of benzene rings is 1. The van der Waals surface area contributed by atoms with Crippen molar-refractivity contribution in [3.63, 3.8) is 0 Å². The number of fused-ring (bicyclic) bond motifs is 3. The minimum Gasteiger partial charge on any atom is -0.463 e. The van der Waals surface area contributed by atoms with Gasteiger partial charge in [0.05, 0.1) is 0 Å². The van der Waals surface area contributed by atoms with Crippen LogP contribution in [0.1, 0.15) is 90.5 Å². The van der Waals surface area contributed by atoms with Crippen LogP contribution in [-0.4, -0.2) is 24.1 Å². The van der Waals surface area contributed by atoms with Crippen LogP contribution in [0.3, 0.4) is 0 Å². The summed E-state index contributed by atoms with van der Waals surface area (Å²) in [7, 11) is 0. The number of hydrogen-bond acceptors (Lipinski definition) is 4. The Morgan fingerprint density at radius 2 is 1.61 bits per heavy atom. The van der Waals surface area contributed by atoms with Crippen LogP contribution in [0.2, 0.25) is 0 Å². The number of rotatable bonds is 3. The number of ether oxygens (including phenoxy) is 2. The molecule has 3 aliphatic rings. The third kappa shape index (κ3) is 5.53. The summed E-state index contributed by atoms with van der Waals surface area (Å²) in [6, 6.07) is 10.4. The van der Waals surface area contributed by atoms with Crippen molar-refractivity contribution in [2.75, 3.05) is 0 Å². The van der Waals surface area contributed by atoms with Gasteiger partial charge < -0.3 is 9.47 Å². The zero-order valence-corrected chi connectivity index (χ0v) is 20.6. The Kier molecular flexibility index (Phi) is 7.61. The van der Waals surface area contributed by atoms with Crippen molar-refractivity contribution in [3.8, 4) is 0 Å². The minimum absolute atomic E-state index is 0.0117. The molecule has 3 saturated carbocycles. The van der Waals surface area contributed by atoms with Gasteiger partial charge in [0.25, 0.3) is 0 Å². The van der Waals surface area contributed by atoms with Crippen LogP contribution in [0.25, 0.3) is 6.08 Å². The summed E-state index contributed by atoms with van der Waals surface area (Å²) >= 11 is 0. The molecule has 0 bridgehead atoms. The predicted octanol–water partition coefficient (Wildman–Crippen LogP) is 6.73. The lowest BCUT2D eigenvalue weighted by molar-refractivity contribution is -0.153. The van der Waals surface area contributed by atoms with Gasteiger partial charge in [-0.2, -0.15) is 0 Å². The van der Waals surface area contributed by atoms with E-state index in [0.717, 1.165) is 38.5 Å². The Bertz CT molecular complexity index is 860. The van der Waals surface area contributed by atoms with E-state index in [-0.39, 0.29) is 29.6 Å². The molecule has 0 amide bonds. The zero-order valence-electron chi connectivity index (χ0n) is 20.6. The van der Waals surface area contributed by atoms with Gasteiger partial charge in [0.15, 0.2) is 0 Å². The highest BCUT2D eigenvalue weighted by molar-refractivity contribution is 5.67. The van der Waals surface area contributed by atoms with Crippen molar-refractivity contribution in [2.24, 2.45) is 23.2 Å². The van der Waals surface area contributed by atoms with Crippen LogP contribution < -0.4 is 0 Å². The average Bonchev–Trinajstić information content (AvgIpc) is 3.04. The quantitative estimate of drug-likeness (QED) is 0.477. The van der Waals surface area contributed by atoms with Gasteiger partial charge in [-0.3, -0.25) is 9.59 Å². The number of esters is 2. The van der Waals surface area contributed by atoms with Crippen molar-refractivity contribution in [1.82, 2.24) is 0 Å². The van der Waals surface area contributed by atoms with E-state index in [1.54, 1.807) is 6.92 Å². The molecule has 1 aromatic rings. The average molecular weight is 453 g/mol. The summed E-state index contributed by atoms with van der Waals surface area (Å²) in [4.78, 5) is 23.6. The van der Waals surface area contributed by atoms with Gasteiger partial charge in [-0.1, -0.05) is 56.2 Å². The van der Waals surface area contributed by atoms with Gasteiger partial charge in [0.1, 0.15) is 12.2 Å². The van der Waals surface area contributed by atoms with Crippen LogP contribution in [-0.2, 0) is 19.1 Å². The Hall–Kier alpha value is -2.10. The third-order valence-corrected chi connectivity index (χ3v) is 8.60. The highest BCUT2D eigenvalue weighted by Gasteiger charge is 2.56. The van der Waals surface area contributed by atoms with Crippen LogP contribution >= 0.6 is 0 Å². The summed E-state index contributed by atoms with van der Waals surface area (Å²) < 4.78 is 11.6. The molecule has 0 spiro atoms. The first-order valence-electron chi connectivity index (χ1n) is 13.0. The van der Waals surface area contributed by atoms with Crippen molar-refractivity contribution in [2.45, 2.75) is 97.2 Å². The minimum atomic E-state index is -0.176. The molecule has 3 fully saturated rings. The fourth-order valence-electron chi connectivity index (χ4n) is 7.13. The molecule has 0 radical (unpaired) electrons. The van der Waals surface area contributed by atoms with Crippen LogP contribution in [0, 0.1) is 23.2 Å². The molecule has 3 unspecified atom stereocenters.